The van der Waals surface area contributed by atoms with E-state index in [4.69, 9.17) is 4.74 Å². The van der Waals surface area contributed by atoms with E-state index in [0.717, 1.165) is 5.56 Å². The number of benzene rings is 2. The minimum absolute atomic E-state index is 0.0861. The Morgan fingerprint density at radius 3 is 2.32 bits per heavy atom. The summed E-state index contributed by atoms with van der Waals surface area (Å²) in [6.45, 7) is 4.35. The van der Waals surface area contributed by atoms with Gasteiger partial charge >= 0.3 is 0 Å². The zero-order valence-electron chi connectivity index (χ0n) is 12.8. The molecule has 2 rings (SSSR count). The summed E-state index contributed by atoms with van der Waals surface area (Å²) in [5.74, 6) is -1.79. The van der Waals surface area contributed by atoms with Gasteiger partial charge in [-0.1, -0.05) is 12.1 Å². The quantitative estimate of drug-likeness (QED) is 0.752. The molecule has 0 spiro atoms. The van der Waals surface area contributed by atoms with Crippen LogP contribution in [0.3, 0.4) is 0 Å². The molecule has 0 unspecified atom stereocenters. The summed E-state index contributed by atoms with van der Waals surface area (Å²) < 4.78 is 31.5. The molecule has 2 aromatic rings. The molecule has 0 heterocycles. The van der Waals surface area contributed by atoms with Crippen molar-refractivity contribution in [2.24, 2.45) is 0 Å². The molecule has 0 N–H and O–H groups in total. The van der Waals surface area contributed by atoms with Gasteiger partial charge in [0.25, 0.3) is 0 Å². The van der Waals surface area contributed by atoms with Crippen LogP contribution in [0, 0.1) is 12.7 Å². The highest BCUT2D eigenvalue weighted by Gasteiger charge is 2.17. The van der Waals surface area contributed by atoms with Gasteiger partial charge in [-0.25, -0.2) is 4.39 Å². The van der Waals surface area contributed by atoms with E-state index in [0.29, 0.717) is 16.9 Å². The Hall–Kier alpha value is -2.23. The predicted octanol–water partition coefficient (Wildman–Crippen LogP) is 4.64. The van der Waals surface area contributed by atoms with Crippen LogP contribution in [0.15, 0.2) is 42.5 Å². The van der Waals surface area contributed by atoms with Crippen molar-refractivity contribution in [3.63, 3.8) is 0 Å². The average molecular weight is 304 g/mol. The second-order valence-electron chi connectivity index (χ2n) is 5.67. The maximum Gasteiger partial charge on any atom is 0.242 e. The minimum Gasteiger partial charge on any atom is -0.459 e. The molecule has 0 aliphatic rings. The lowest BCUT2D eigenvalue weighted by Gasteiger charge is -2.17. The first-order valence-electron chi connectivity index (χ1n) is 7.01. The number of carbonyl (C=O) groups is 1. The zero-order chi connectivity index (χ0) is 16.3. The van der Waals surface area contributed by atoms with E-state index in [2.05, 4.69) is 0 Å². The van der Waals surface area contributed by atoms with Crippen LogP contribution in [-0.4, -0.2) is 11.6 Å². The van der Waals surface area contributed by atoms with Crippen LogP contribution in [0.4, 0.5) is 8.78 Å². The van der Waals surface area contributed by atoms with Gasteiger partial charge in [-0.2, -0.15) is 4.39 Å². The van der Waals surface area contributed by atoms with Gasteiger partial charge in [0.1, 0.15) is 11.6 Å². The van der Waals surface area contributed by atoms with Crippen LogP contribution in [0.5, 0.6) is 5.75 Å². The molecular formula is C18H18F2O2. The smallest absolute Gasteiger partial charge is 0.242 e. The Balaban J connectivity index is 2.09. The molecule has 2 aromatic carbocycles. The van der Waals surface area contributed by atoms with E-state index in [-0.39, 0.29) is 18.0 Å². The van der Waals surface area contributed by atoms with Gasteiger partial charge in [0.05, 0.1) is 0 Å². The van der Waals surface area contributed by atoms with Crippen molar-refractivity contribution in [3.05, 3.63) is 65.0 Å². The minimum atomic E-state index is -1.75. The van der Waals surface area contributed by atoms with Crippen LogP contribution in [0.2, 0.25) is 0 Å². The number of alkyl halides is 1. The molecule has 0 aromatic heterocycles. The largest absolute Gasteiger partial charge is 0.459 e. The molecule has 0 aliphatic carbocycles. The molecule has 0 atom stereocenters. The topological polar surface area (TPSA) is 26.3 Å². The fourth-order valence-electron chi connectivity index (χ4n) is 2.18. The highest BCUT2D eigenvalue weighted by atomic mass is 19.2. The lowest BCUT2D eigenvalue weighted by Crippen LogP contribution is -2.20. The number of ether oxygens (including phenoxy) is 1. The molecule has 0 aliphatic heterocycles. The normalized spacial score (nSPS) is 11.3. The summed E-state index contributed by atoms with van der Waals surface area (Å²) in [5.41, 5.74) is 1.91. The number of hydrogen-bond acceptors (Lipinski definition) is 2. The third-order valence-corrected chi connectivity index (χ3v) is 3.14. The third kappa shape index (κ3) is 4.38. The van der Waals surface area contributed by atoms with Crippen LogP contribution in [0.25, 0.3) is 0 Å². The van der Waals surface area contributed by atoms with Crippen LogP contribution >= 0.6 is 0 Å². The summed E-state index contributed by atoms with van der Waals surface area (Å²) in [6, 6.07) is 10.8. The number of halogens is 2. The first-order valence-corrected chi connectivity index (χ1v) is 7.01. The van der Waals surface area contributed by atoms with Crippen molar-refractivity contribution in [2.45, 2.75) is 33.0 Å². The molecule has 0 fully saturated rings. The number of carbonyl (C=O) groups excluding carboxylic acids is 1. The lowest BCUT2D eigenvalue weighted by molar-refractivity contribution is -0.0257. The Bertz CT molecular complexity index is 670. The third-order valence-electron chi connectivity index (χ3n) is 3.14. The van der Waals surface area contributed by atoms with Crippen molar-refractivity contribution < 1.29 is 18.3 Å². The van der Waals surface area contributed by atoms with Crippen LogP contribution < -0.4 is 4.74 Å². The number of Topliss-reactive ketones (excluding diaryl/α,β-unsaturated/α-hetero) is 1. The molecule has 4 heteroatoms. The van der Waals surface area contributed by atoms with Gasteiger partial charge in [0.2, 0.25) is 5.85 Å². The second kappa shape index (κ2) is 6.26. The molecule has 116 valence electrons. The monoisotopic (exact) mass is 304 g/mol. The van der Waals surface area contributed by atoms with E-state index in [9.17, 15) is 13.6 Å². The van der Waals surface area contributed by atoms with Crippen LogP contribution in [0.1, 0.15) is 35.3 Å². The molecule has 0 amide bonds. The standard InChI is InChI=1S/C18H18F2O2/c1-12-10-14(19)6-9-16(12)17(21)11-13-4-7-15(8-5-13)22-18(2,3)20/h4-10H,11H2,1-3H3. The summed E-state index contributed by atoms with van der Waals surface area (Å²) in [7, 11) is 0. The number of aryl methyl sites for hydroxylation is 1. The average Bonchev–Trinajstić information content (AvgIpc) is 2.39. The SMILES string of the molecule is Cc1cc(F)ccc1C(=O)Cc1ccc(OC(C)(C)F)cc1. The maximum absolute atomic E-state index is 13.4. The lowest BCUT2D eigenvalue weighted by atomic mass is 9.99. The highest BCUT2D eigenvalue weighted by Crippen LogP contribution is 2.21. The molecular weight excluding hydrogens is 286 g/mol. The second-order valence-corrected chi connectivity index (χ2v) is 5.67. The number of ketones is 1. The van der Waals surface area contributed by atoms with Gasteiger partial charge in [-0.15, -0.1) is 0 Å². The Labute approximate surface area is 128 Å². The van der Waals surface area contributed by atoms with Crippen molar-refractivity contribution in [1.29, 1.82) is 0 Å². The summed E-state index contributed by atoms with van der Waals surface area (Å²) in [5, 5.41) is 0. The fourth-order valence-corrected chi connectivity index (χ4v) is 2.18. The first-order chi connectivity index (χ1) is 10.2. The van der Waals surface area contributed by atoms with Gasteiger partial charge in [-0.3, -0.25) is 4.79 Å². The van der Waals surface area contributed by atoms with Crippen molar-refractivity contribution >= 4 is 5.78 Å². The zero-order valence-corrected chi connectivity index (χ0v) is 12.8. The van der Waals surface area contributed by atoms with Gasteiger partial charge < -0.3 is 4.74 Å². The summed E-state index contributed by atoms with van der Waals surface area (Å²) >= 11 is 0. The van der Waals surface area contributed by atoms with Crippen molar-refractivity contribution in [1.82, 2.24) is 0 Å². The Kier molecular flexibility index (Phi) is 4.59. The van der Waals surface area contributed by atoms with E-state index in [1.54, 1.807) is 31.2 Å². The summed E-state index contributed by atoms with van der Waals surface area (Å²) in [6.07, 6.45) is 0.200. The van der Waals surface area contributed by atoms with Crippen molar-refractivity contribution in [3.8, 4) is 5.75 Å². The van der Waals surface area contributed by atoms with Gasteiger partial charge in [-0.05, 0) is 48.4 Å². The highest BCUT2D eigenvalue weighted by molar-refractivity contribution is 5.98. The molecule has 0 radical (unpaired) electrons. The molecule has 22 heavy (non-hydrogen) atoms. The van der Waals surface area contributed by atoms with Crippen LogP contribution in [-0.2, 0) is 6.42 Å². The van der Waals surface area contributed by atoms with Crippen molar-refractivity contribution in [2.75, 3.05) is 0 Å². The summed E-state index contributed by atoms with van der Waals surface area (Å²) in [4.78, 5) is 12.2. The van der Waals surface area contributed by atoms with E-state index < -0.39 is 5.85 Å². The molecule has 0 bridgehead atoms. The maximum atomic E-state index is 13.4. The number of hydrogen-bond donors (Lipinski definition) is 0. The Morgan fingerprint density at radius 1 is 1.14 bits per heavy atom. The fraction of sp³-hybridized carbons (Fsp3) is 0.278. The molecule has 2 nitrogen and oxygen atoms in total. The van der Waals surface area contributed by atoms with Gasteiger partial charge in [0, 0.05) is 25.8 Å². The molecule has 0 saturated carbocycles. The predicted molar refractivity (Wildman–Crippen MR) is 81.4 cm³/mol. The Morgan fingerprint density at radius 2 is 1.77 bits per heavy atom. The number of rotatable bonds is 5. The van der Waals surface area contributed by atoms with Gasteiger partial charge in [0.15, 0.2) is 5.78 Å². The first kappa shape index (κ1) is 16.1. The van der Waals surface area contributed by atoms with E-state index >= 15 is 0 Å². The van der Waals surface area contributed by atoms with E-state index in [1.807, 2.05) is 0 Å². The molecule has 0 saturated heterocycles. The van der Waals surface area contributed by atoms with E-state index in [1.165, 1.54) is 32.0 Å².